The molecule has 0 saturated heterocycles. The zero-order valence-electron chi connectivity index (χ0n) is 3.81. The number of halogens is 4. The van der Waals surface area contributed by atoms with Gasteiger partial charge in [-0.05, 0) is 0 Å². The van der Waals surface area contributed by atoms with Gasteiger partial charge >= 0.3 is 12.0 Å². The summed E-state index contributed by atoms with van der Waals surface area (Å²) in [5, 5.41) is 4.67. The number of carbonyl (C=O) groups is 1. The maximum absolute atomic E-state index is 11.2. The normalized spacial score (nSPS) is 12.1. The van der Waals surface area contributed by atoms with Crippen molar-refractivity contribution < 1.29 is 27.6 Å². The van der Waals surface area contributed by atoms with E-state index in [1.54, 1.807) is 0 Å². The fourth-order valence-electron chi connectivity index (χ4n) is 0.0723. The first-order chi connectivity index (χ1) is 3.89. The van der Waals surface area contributed by atoms with Crippen molar-refractivity contribution in [2.75, 3.05) is 0 Å². The summed E-state index contributed by atoms with van der Waals surface area (Å²) in [4.78, 5) is 9.19. The van der Waals surface area contributed by atoms with Crippen LogP contribution in [-0.2, 0) is 4.79 Å². The van der Waals surface area contributed by atoms with Gasteiger partial charge in [-0.2, -0.15) is 8.78 Å². The van der Waals surface area contributed by atoms with Crippen LogP contribution < -0.4 is 0 Å². The Morgan fingerprint density at radius 2 is 1.78 bits per heavy atom. The molecule has 0 aromatic carbocycles. The molecule has 0 aromatic rings. The monoisotopic (exact) mass is 147 g/mol. The first kappa shape index (κ1) is 8.15. The van der Waals surface area contributed by atoms with Gasteiger partial charge in [0.1, 0.15) is 5.34 Å². The molecule has 0 amide bonds. The maximum Gasteiger partial charge on any atom is 0.454 e. The largest absolute Gasteiger partial charge is 0.476 e. The Morgan fingerprint density at radius 1 is 1.44 bits per heavy atom. The highest BCUT2D eigenvalue weighted by Crippen LogP contribution is 2.19. The molecule has 0 unspecified atom stereocenters. The minimum absolute atomic E-state index is 2.67. The SMILES string of the molecule is O=C(O)C(F)(F)N(F)F. The summed E-state index contributed by atoms with van der Waals surface area (Å²) < 4.78 is 44.0. The van der Waals surface area contributed by atoms with Crippen LogP contribution in [0.1, 0.15) is 0 Å². The second-order valence-corrected chi connectivity index (χ2v) is 1.08. The third-order valence-corrected chi connectivity index (χ3v) is 0.470. The fourth-order valence-corrected chi connectivity index (χ4v) is 0.0723. The first-order valence-corrected chi connectivity index (χ1v) is 1.62. The topological polar surface area (TPSA) is 40.5 Å². The van der Waals surface area contributed by atoms with Crippen LogP contribution in [0.2, 0.25) is 0 Å². The van der Waals surface area contributed by atoms with Crippen molar-refractivity contribution in [3.8, 4) is 0 Å². The van der Waals surface area contributed by atoms with Crippen LogP contribution in [0, 0.1) is 0 Å². The zero-order valence-corrected chi connectivity index (χ0v) is 3.81. The summed E-state index contributed by atoms with van der Waals surface area (Å²) in [5.74, 6) is -2.88. The van der Waals surface area contributed by atoms with Crippen LogP contribution >= 0.6 is 0 Å². The van der Waals surface area contributed by atoms with Crippen LogP contribution in [0.5, 0.6) is 0 Å². The predicted octanol–water partition coefficient (Wildman–Crippen LogP) is 0.735. The highest BCUT2D eigenvalue weighted by Gasteiger charge is 2.48. The molecule has 1 N–H and O–H groups in total. The van der Waals surface area contributed by atoms with Gasteiger partial charge in [-0.15, -0.1) is 0 Å². The lowest BCUT2D eigenvalue weighted by Crippen LogP contribution is -2.38. The molecule has 0 rings (SSSR count). The van der Waals surface area contributed by atoms with E-state index in [9.17, 15) is 22.5 Å². The van der Waals surface area contributed by atoms with Gasteiger partial charge in [0.15, 0.2) is 0 Å². The molecule has 0 radical (unpaired) electrons. The van der Waals surface area contributed by atoms with Crippen LogP contribution in [0.4, 0.5) is 17.7 Å². The van der Waals surface area contributed by atoms with E-state index in [1.807, 2.05) is 0 Å². The van der Waals surface area contributed by atoms with Crippen LogP contribution in [0.15, 0.2) is 0 Å². The minimum atomic E-state index is -5.08. The molecular weight excluding hydrogens is 146 g/mol. The zero-order chi connectivity index (χ0) is 7.65. The number of hydrogen-bond donors (Lipinski definition) is 1. The van der Waals surface area contributed by atoms with E-state index in [2.05, 4.69) is 0 Å². The number of hydrogen-bond acceptors (Lipinski definition) is 2. The van der Waals surface area contributed by atoms with E-state index in [0.29, 0.717) is 0 Å². The Bertz CT molecular complexity index is 124. The summed E-state index contributed by atoms with van der Waals surface area (Å²) in [6, 6.07) is -5.08. The van der Waals surface area contributed by atoms with Crippen molar-refractivity contribution in [2.45, 2.75) is 6.05 Å². The van der Waals surface area contributed by atoms with Gasteiger partial charge in [-0.1, -0.05) is 8.96 Å². The van der Waals surface area contributed by atoms with E-state index < -0.39 is 17.4 Å². The van der Waals surface area contributed by atoms with Gasteiger partial charge in [0.05, 0.1) is 0 Å². The van der Waals surface area contributed by atoms with Crippen molar-refractivity contribution in [2.24, 2.45) is 0 Å². The summed E-state index contributed by atoms with van der Waals surface area (Å²) in [5.41, 5.74) is 0. The Balaban J connectivity index is 4.19. The lowest BCUT2D eigenvalue weighted by Gasteiger charge is -2.08. The Morgan fingerprint density at radius 3 is 1.78 bits per heavy atom. The Kier molecular flexibility index (Phi) is 1.97. The Labute approximate surface area is 46.4 Å². The second kappa shape index (κ2) is 2.18. The van der Waals surface area contributed by atoms with Crippen molar-refractivity contribution in [1.82, 2.24) is 5.34 Å². The predicted molar refractivity (Wildman–Crippen MR) is 16.6 cm³/mol. The molecular formula is C2HF4NO2. The van der Waals surface area contributed by atoms with Gasteiger partial charge in [0, 0.05) is 0 Å². The van der Waals surface area contributed by atoms with Crippen LogP contribution in [0.3, 0.4) is 0 Å². The van der Waals surface area contributed by atoms with E-state index in [4.69, 9.17) is 5.11 Å². The minimum Gasteiger partial charge on any atom is -0.476 e. The smallest absolute Gasteiger partial charge is 0.454 e. The number of aliphatic carboxylic acids is 1. The molecule has 0 aromatic heterocycles. The Hall–Kier alpha value is -0.850. The van der Waals surface area contributed by atoms with Gasteiger partial charge in [0.2, 0.25) is 0 Å². The summed E-state index contributed by atoms with van der Waals surface area (Å²) >= 11 is 0. The molecule has 7 heteroatoms. The highest BCUT2D eigenvalue weighted by atomic mass is 19.4. The summed E-state index contributed by atoms with van der Waals surface area (Å²) in [7, 11) is 0. The molecule has 0 saturated carbocycles. The van der Waals surface area contributed by atoms with Gasteiger partial charge < -0.3 is 5.11 Å². The lowest BCUT2D eigenvalue weighted by molar-refractivity contribution is -0.321. The number of nitrogens with zero attached hydrogens (tertiary/aromatic N) is 1. The second-order valence-electron chi connectivity index (χ2n) is 1.08. The molecule has 54 valence electrons. The van der Waals surface area contributed by atoms with E-state index >= 15 is 0 Å². The molecule has 0 bridgehead atoms. The summed E-state index contributed by atoms with van der Waals surface area (Å²) in [6.45, 7) is 0. The van der Waals surface area contributed by atoms with Crippen LogP contribution in [-0.4, -0.2) is 22.5 Å². The molecule has 0 aliphatic heterocycles. The van der Waals surface area contributed by atoms with E-state index in [-0.39, 0.29) is 0 Å². The molecule has 3 nitrogen and oxygen atoms in total. The van der Waals surface area contributed by atoms with E-state index in [0.717, 1.165) is 0 Å². The van der Waals surface area contributed by atoms with E-state index in [1.165, 1.54) is 0 Å². The lowest BCUT2D eigenvalue weighted by atomic mass is 10.6. The third-order valence-electron chi connectivity index (χ3n) is 0.470. The molecule has 0 fully saturated rings. The van der Waals surface area contributed by atoms with Gasteiger partial charge in [-0.3, -0.25) is 0 Å². The standard InChI is InChI=1S/C2HF4NO2/c3-2(4,1(8)9)7(5)6/h(H,8,9). The number of carboxylic acid groups (broad SMARTS) is 1. The highest BCUT2D eigenvalue weighted by molar-refractivity contribution is 5.74. The third kappa shape index (κ3) is 1.53. The molecule has 9 heavy (non-hydrogen) atoms. The van der Waals surface area contributed by atoms with Crippen molar-refractivity contribution in [3.63, 3.8) is 0 Å². The van der Waals surface area contributed by atoms with Crippen molar-refractivity contribution in [1.29, 1.82) is 0 Å². The first-order valence-electron chi connectivity index (χ1n) is 1.62. The molecule has 0 atom stereocenters. The molecule has 0 aliphatic carbocycles. The van der Waals surface area contributed by atoms with Crippen molar-refractivity contribution >= 4 is 5.97 Å². The maximum atomic E-state index is 11.2. The summed E-state index contributed by atoms with van der Waals surface area (Å²) in [6.07, 6.45) is 0. The molecule has 0 spiro atoms. The number of alkyl halides is 2. The number of rotatable bonds is 2. The van der Waals surface area contributed by atoms with Gasteiger partial charge in [-0.25, -0.2) is 4.79 Å². The van der Waals surface area contributed by atoms with Crippen molar-refractivity contribution in [3.05, 3.63) is 0 Å². The quantitative estimate of drug-likeness (QED) is 0.355. The average Bonchev–Trinajstić information content (AvgIpc) is 1.65. The van der Waals surface area contributed by atoms with Gasteiger partial charge in [0.25, 0.3) is 0 Å². The number of carboxylic acids is 1. The van der Waals surface area contributed by atoms with Crippen LogP contribution in [0.25, 0.3) is 0 Å². The molecule has 0 heterocycles. The average molecular weight is 147 g/mol. The fraction of sp³-hybridized carbons (Fsp3) is 0.500. The molecule has 0 aliphatic rings.